The second kappa shape index (κ2) is 6.27. The molecule has 0 aliphatic heterocycles. The predicted octanol–water partition coefficient (Wildman–Crippen LogP) is 2.66. The zero-order valence-electron chi connectivity index (χ0n) is 11.1. The van der Waals surface area contributed by atoms with Crippen molar-refractivity contribution in [1.29, 1.82) is 0 Å². The molecule has 0 spiro atoms. The van der Waals surface area contributed by atoms with Crippen molar-refractivity contribution in [2.75, 3.05) is 12.4 Å². The summed E-state index contributed by atoms with van der Waals surface area (Å²) in [5.41, 5.74) is 0. The fourth-order valence-corrected chi connectivity index (χ4v) is 2.73. The van der Waals surface area contributed by atoms with Gasteiger partial charge in [0.25, 0.3) is 0 Å². The second-order valence-electron chi connectivity index (χ2n) is 5.95. The molecule has 2 N–H and O–H groups in total. The summed E-state index contributed by atoms with van der Waals surface area (Å²) in [6.45, 7) is 9.35. The molecule has 1 aliphatic rings. The normalized spacial score (nSPS) is 20.8. The molecular weight excluding hydrogens is 218 g/mol. The molecule has 0 aromatic rings. The number of hydrogen-bond donors (Lipinski definition) is 2. The lowest BCUT2D eigenvalue weighted by Crippen LogP contribution is -2.40. The molecule has 96 valence electrons. The largest absolute Gasteiger partial charge is 0.396 e. The highest BCUT2D eigenvalue weighted by Gasteiger charge is 2.31. The van der Waals surface area contributed by atoms with Crippen molar-refractivity contribution in [2.24, 2.45) is 5.92 Å². The summed E-state index contributed by atoms with van der Waals surface area (Å²) in [6.07, 6.45) is 3.60. The van der Waals surface area contributed by atoms with Gasteiger partial charge in [-0.3, -0.25) is 0 Å². The molecule has 0 heterocycles. The highest BCUT2D eigenvalue weighted by molar-refractivity contribution is 8.00. The van der Waals surface area contributed by atoms with Gasteiger partial charge in [0.15, 0.2) is 0 Å². The van der Waals surface area contributed by atoms with Gasteiger partial charge in [0.1, 0.15) is 0 Å². The SMILES string of the molecule is CC(CSC(C)(C)C)NC(CCO)C1CC1. The number of nitrogens with one attached hydrogen (secondary N) is 1. The van der Waals surface area contributed by atoms with E-state index in [1.54, 1.807) is 0 Å². The number of aliphatic hydroxyl groups is 1. The van der Waals surface area contributed by atoms with Gasteiger partial charge in [0, 0.05) is 29.2 Å². The third kappa shape index (κ3) is 6.12. The summed E-state index contributed by atoms with van der Waals surface area (Å²) in [6, 6.07) is 1.09. The van der Waals surface area contributed by atoms with Gasteiger partial charge in [-0.05, 0) is 32.1 Å². The van der Waals surface area contributed by atoms with Crippen LogP contribution in [0.1, 0.15) is 47.0 Å². The minimum Gasteiger partial charge on any atom is -0.396 e. The molecule has 1 saturated carbocycles. The van der Waals surface area contributed by atoms with Crippen molar-refractivity contribution in [2.45, 2.75) is 63.8 Å². The molecule has 2 unspecified atom stereocenters. The third-order valence-electron chi connectivity index (χ3n) is 2.90. The molecule has 1 rings (SSSR count). The average Bonchev–Trinajstić information content (AvgIpc) is 2.96. The summed E-state index contributed by atoms with van der Waals surface area (Å²) >= 11 is 2.01. The van der Waals surface area contributed by atoms with Gasteiger partial charge < -0.3 is 10.4 Å². The standard InChI is InChI=1S/C13H27NOS/c1-10(9-16-13(2,3)4)14-12(7-8-15)11-5-6-11/h10-12,14-15H,5-9H2,1-4H3. The van der Waals surface area contributed by atoms with Gasteiger partial charge in [-0.15, -0.1) is 0 Å². The van der Waals surface area contributed by atoms with Crippen molar-refractivity contribution in [3.05, 3.63) is 0 Å². The molecule has 0 saturated heterocycles. The van der Waals surface area contributed by atoms with Crippen LogP contribution in [0.15, 0.2) is 0 Å². The lowest BCUT2D eigenvalue weighted by molar-refractivity contribution is 0.252. The smallest absolute Gasteiger partial charge is 0.0445 e. The highest BCUT2D eigenvalue weighted by Crippen LogP contribution is 2.34. The number of thioether (sulfide) groups is 1. The molecule has 2 nitrogen and oxygen atoms in total. The van der Waals surface area contributed by atoms with Crippen LogP contribution in [-0.2, 0) is 0 Å². The van der Waals surface area contributed by atoms with Gasteiger partial charge in [-0.2, -0.15) is 11.8 Å². The minimum absolute atomic E-state index is 0.313. The molecule has 16 heavy (non-hydrogen) atoms. The van der Waals surface area contributed by atoms with Gasteiger partial charge in [0.2, 0.25) is 0 Å². The van der Waals surface area contributed by atoms with Crippen molar-refractivity contribution in [3.63, 3.8) is 0 Å². The average molecular weight is 245 g/mol. The zero-order valence-corrected chi connectivity index (χ0v) is 11.9. The Hall–Kier alpha value is 0.270. The van der Waals surface area contributed by atoms with Gasteiger partial charge in [-0.25, -0.2) is 0 Å². The predicted molar refractivity (Wildman–Crippen MR) is 73.0 cm³/mol. The molecule has 2 atom stereocenters. The van der Waals surface area contributed by atoms with Crippen LogP contribution in [-0.4, -0.2) is 34.3 Å². The molecule has 0 bridgehead atoms. The number of rotatable bonds is 7. The third-order valence-corrected chi connectivity index (χ3v) is 4.43. The van der Waals surface area contributed by atoms with Crippen LogP contribution in [0.4, 0.5) is 0 Å². The van der Waals surface area contributed by atoms with Crippen LogP contribution < -0.4 is 5.32 Å². The van der Waals surface area contributed by atoms with E-state index in [4.69, 9.17) is 5.11 Å². The van der Waals surface area contributed by atoms with Gasteiger partial charge >= 0.3 is 0 Å². The summed E-state index contributed by atoms with van der Waals surface area (Å²) in [4.78, 5) is 0. The van der Waals surface area contributed by atoms with Crippen LogP contribution in [0.2, 0.25) is 0 Å². The van der Waals surface area contributed by atoms with E-state index in [2.05, 4.69) is 33.0 Å². The van der Waals surface area contributed by atoms with E-state index in [1.165, 1.54) is 12.8 Å². The Balaban J connectivity index is 2.22. The summed E-state index contributed by atoms with van der Waals surface area (Å²) < 4.78 is 0.349. The van der Waals surface area contributed by atoms with E-state index < -0.39 is 0 Å². The summed E-state index contributed by atoms with van der Waals surface area (Å²) in [5.74, 6) is 1.98. The van der Waals surface area contributed by atoms with Gasteiger partial charge in [0.05, 0.1) is 0 Å². The van der Waals surface area contributed by atoms with E-state index in [1.807, 2.05) is 11.8 Å². The first-order valence-electron chi connectivity index (χ1n) is 6.43. The summed E-state index contributed by atoms with van der Waals surface area (Å²) in [5, 5.41) is 12.7. The Kier molecular flexibility index (Phi) is 5.62. The van der Waals surface area contributed by atoms with Crippen LogP contribution in [0.25, 0.3) is 0 Å². The maximum atomic E-state index is 9.04. The fourth-order valence-electron chi connectivity index (χ4n) is 1.88. The summed E-state index contributed by atoms with van der Waals surface area (Å²) in [7, 11) is 0. The molecule has 0 amide bonds. The lowest BCUT2D eigenvalue weighted by Gasteiger charge is -2.25. The quantitative estimate of drug-likeness (QED) is 0.723. The van der Waals surface area contributed by atoms with Crippen LogP contribution in [0.3, 0.4) is 0 Å². The lowest BCUT2D eigenvalue weighted by atomic mass is 10.1. The Morgan fingerprint density at radius 3 is 2.44 bits per heavy atom. The molecule has 0 aromatic carbocycles. The Labute approximate surface area is 105 Å². The van der Waals surface area contributed by atoms with Crippen molar-refractivity contribution < 1.29 is 5.11 Å². The fraction of sp³-hybridized carbons (Fsp3) is 1.00. The van der Waals surface area contributed by atoms with Gasteiger partial charge in [-0.1, -0.05) is 20.8 Å². The second-order valence-corrected chi connectivity index (χ2v) is 7.79. The molecular formula is C13H27NOS. The minimum atomic E-state index is 0.313. The van der Waals surface area contributed by atoms with Crippen LogP contribution in [0.5, 0.6) is 0 Å². The highest BCUT2D eigenvalue weighted by atomic mass is 32.2. The molecule has 1 aliphatic carbocycles. The van der Waals surface area contributed by atoms with Crippen LogP contribution >= 0.6 is 11.8 Å². The molecule has 1 fully saturated rings. The topological polar surface area (TPSA) is 32.3 Å². The van der Waals surface area contributed by atoms with Crippen molar-refractivity contribution in [3.8, 4) is 0 Å². The maximum Gasteiger partial charge on any atom is 0.0445 e. The van der Waals surface area contributed by atoms with Crippen molar-refractivity contribution >= 4 is 11.8 Å². The maximum absolute atomic E-state index is 9.04. The monoisotopic (exact) mass is 245 g/mol. The first-order valence-corrected chi connectivity index (χ1v) is 7.42. The Bertz CT molecular complexity index is 199. The van der Waals surface area contributed by atoms with Crippen LogP contribution in [0, 0.1) is 5.92 Å². The number of aliphatic hydroxyl groups excluding tert-OH is 1. The van der Waals surface area contributed by atoms with Crippen molar-refractivity contribution in [1.82, 2.24) is 5.32 Å². The van der Waals surface area contributed by atoms with E-state index >= 15 is 0 Å². The van der Waals surface area contributed by atoms with E-state index in [0.29, 0.717) is 23.4 Å². The zero-order chi connectivity index (χ0) is 12.2. The first kappa shape index (κ1) is 14.3. The Morgan fingerprint density at radius 1 is 1.38 bits per heavy atom. The van der Waals surface area contributed by atoms with E-state index in [9.17, 15) is 0 Å². The number of hydrogen-bond acceptors (Lipinski definition) is 3. The molecule has 3 heteroatoms. The first-order chi connectivity index (χ1) is 7.42. The molecule has 0 aromatic heterocycles. The van der Waals surface area contributed by atoms with E-state index in [0.717, 1.165) is 18.1 Å². The Morgan fingerprint density at radius 2 is 2.00 bits per heavy atom. The van der Waals surface area contributed by atoms with E-state index in [-0.39, 0.29) is 0 Å². The molecule has 0 radical (unpaired) electrons.